The molecule has 9 nitrogen and oxygen atoms in total. The first-order valence-corrected chi connectivity index (χ1v) is 8.83. The van der Waals surface area contributed by atoms with Crippen LogP contribution in [0.5, 0.6) is 0 Å². The summed E-state index contributed by atoms with van der Waals surface area (Å²) in [6.07, 6.45) is 1.53. The Kier molecular flexibility index (Phi) is 5.60. The fourth-order valence-corrected chi connectivity index (χ4v) is 3.19. The third-order valence-corrected chi connectivity index (χ3v) is 4.66. The van der Waals surface area contributed by atoms with Crippen molar-refractivity contribution in [2.45, 2.75) is 13.8 Å². The molecule has 0 bridgehead atoms. The Morgan fingerprint density at radius 2 is 1.79 bits per heavy atom. The molecular weight excluding hydrogens is 398 g/mol. The topological polar surface area (TPSA) is 116 Å². The van der Waals surface area contributed by atoms with Gasteiger partial charge < -0.3 is 4.57 Å². The zero-order valence-electron chi connectivity index (χ0n) is 15.5. The third kappa shape index (κ3) is 4.09. The monoisotopic (exact) mass is 413 g/mol. The van der Waals surface area contributed by atoms with Crippen molar-refractivity contribution in [2.75, 3.05) is 5.43 Å². The van der Waals surface area contributed by atoms with Crippen LogP contribution in [0, 0.1) is 34.1 Å². The van der Waals surface area contributed by atoms with E-state index in [0.29, 0.717) is 5.02 Å². The molecule has 0 atom stereocenters. The molecule has 0 aliphatic rings. The smallest absolute Gasteiger partial charge is 0.301 e. The minimum Gasteiger partial charge on any atom is -0.316 e. The number of hydrazone groups is 1. The van der Waals surface area contributed by atoms with Crippen LogP contribution < -0.4 is 5.43 Å². The molecule has 0 amide bonds. The van der Waals surface area contributed by atoms with E-state index in [0.717, 1.165) is 28.7 Å². The van der Waals surface area contributed by atoms with Crippen molar-refractivity contribution in [3.63, 3.8) is 0 Å². The summed E-state index contributed by atoms with van der Waals surface area (Å²) < 4.78 is 1.98. The third-order valence-electron chi connectivity index (χ3n) is 4.34. The van der Waals surface area contributed by atoms with Crippen molar-refractivity contribution in [3.8, 4) is 5.69 Å². The van der Waals surface area contributed by atoms with Gasteiger partial charge in [0.15, 0.2) is 0 Å². The Hall–Kier alpha value is -3.72. The van der Waals surface area contributed by atoms with E-state index < -0.39 is 15.5 Å². The lowest BCUT2D eigenvalue weighted by Gasteiger charge is -2.11. The van der Waals surface area contributed by atoms with Gasteiger partial charge in [-0.15, -0.1) is 0 Å². The number of non-ortho nitro benzene ring substituents is 1. The molecule has 29 heavy (non-hydrogen) atoms. The van der Waals surface area contributed by atoms with Gasteiger partial charge in [-0.2, -0.15) is 5.10 Å². The predicted molar refractivity (Wildman–Crippen MR) is 111 cm³/mol. The summed E-state index contributed by atoms with van der Waals surface area (Å²) in [5.74, 6) is 0. The van der Waals surface area contributed by atoms with Gasteiger partial charge in [-0.25, -0.2) is 0 Å². The Morgan fingerprint density at radius 1 is 1.07 bits per heavy atom. The van der Waals surface area contributed by atoms with Gasteiger partial charge in [0, 0.05) is 23.0 Å². The van der Waals surface area contributed by atoms with Crippen molar-refractivity contribution < 1.29 is 9.85 Å². The number of aromatic nitrogens is 1. The van der Waals surface area contributed by atoms with Crippen LogP contribution >= 0.6 is 11.6 Å². The summed E-state index contributed by atoms with van der Waals surface area (Å²) in [7, 11) is 0. The SMILES string of the molecule is Cc1cc(/C=N\Nc2ccc([N+](=O)[O-])cc2[N+](=O)[O-])c(C)n1-c1ccccc1Cl. The lowest BCUT2D eigenvalue weighted by molar-refractivity contribution is -0.393. The second-order valence-electron chi connectivity index (χ2n) is 6.20. The number of nitro groups is 2. The quantitative estimate of drug-likeness (QED) is 0.346. The number of nitrogens with one attached hydrogen (secondary N) is 1. The highest BCUT2D eigenvalue weighted by molar-refractivity contribution is 6.32. The highest BCUT2D eigenvalue weighted by atomic mass is 35.5. The zero-order chi connectivity index (χ0) is 21.1. The van der Waals surface area contributed by atoms with Gasteiger partial charge in [0.2, 0.25) is 0 Å². The van der Waals surface area contributed by atoms with Crippen molar-refractivity contribution in [1.29, 1.82) is 0 Å². The van der Waals surface area contributed by atoms with Crippen LogP contribution in [0.3, 0.4) is 0 Å². The number of benzene rings is 2. The minimum absolute atomic E-state index is 0.0526. The minimum atomic E-state index is -0.700. The Balaban J connectivity index is 1.89. The standard InChI is InChI=1S/C19H16ClN5O4/c1-12-9-14(13(2)23(12)18-6-4-3-5-16(18)20)11-21-22-17-8-7-15(24(26)27)10-19(17)25(28)29/h3-11,22H,1-2H3/b21-11-. The van der Waals surface area contributed by atoms with Gasteiger partial charge >= 0.3 is 5.69 Å². The molecule has 1 aromatic heterocycles. The predicted octanol–water partition coefficient (Wildman–Crippen LogP) is 5.01. The van der Waals surface area contributed by atoms with E-state index >= 15 is 0 Å². The van der Waals surface area contributed by atoms with E-state index in [2.05, 4.69) is 10.5 Å². The van der Waals surface area contributed by atoms with Gasteiger partial charge in [-0.3, -0.25) is 25.7 Å². The molecular formula is C19H16ClN5O4. The van der Waals surface area contributed by atoms with Gasteiger partial charge in [0.25, 0.3) is 5.69 Å². The van der Waals surface area contributed by atoms with Crippen LogP contribution in [0.15, 0.2) is 53.6 Å². The lowest BCUT2D eigenvalue weighted by atomic mass is 10.2. The molecule has 1 heterocycles. The van der Waals surface area contributed by atoms with E-state index in [1.165, 1.54) is 18.3 Å². The van der Waals surface area contributed by atoms with Crippen LogP contribution in [-0.2, 0) is 0 Å². The molecule has 3 aromatic rings. The highest BCUT2D eigenvalue weighted by Gasteiger charge is 2.19. The highest BCUT2D eigenvalue weighted by Crippen LogP contribution is 2.29. The first-order valence-electron chi connectivity index (χ1n) is 8.45. The number of hydrogen-bond donors (Lipinski definition) is 1. The maximum absolute atomic E-state index is 11.2. The molecule has 0 unspecified atom stereocenters. The fourth-order valence-electron chi connectivity index (χ4n) is 2.97. The summed E-state index contributed by atoms with van der Waals surface area (Å²) >= 11 is 6.30. The molecule has 0 spiro atoms. The normalized spacial score (nSPS) is 11.0. The van der Waals surface area contributed by atoms with E-state index in [9.17, 15) is 20.2 Å². The molecule has 2 aromatic carbocycles. The summed E-state index contributed by atoms with van der Waals surface area (Å²) in [6, 6.07) is 12.7. The number of nitrogens with zero attached hydrogens (tertiary/aromatic N) is 4. The van der Waals surface area contributed by atoms with E-state index in [-0.39, 0.29) is 11.4 Å². The maximum atomic E-state index is 11.2. The molecule has 0 fully saturated rings. The Morgan fingerprint density at radius 3 is 2.45 bits per heavy atom. The molecule has 0 saturated heterocycles. The first-order chi connectivity index (χ1) is 13.8. The number of para-hydroxylation sites is 1. The number of hydrogen-bond acceptors (Lipinski definition) is 6. The summed E-state index contributed by atoms with van der Waals surface area (Å²) in [4.78, 5) is 20.6. The molecule has 10 heteroatoms. The van der Waals surface area contributed by atoms with Crippen LogP contribution in [0.25, 0.3) is 5.69 Å². The van der Waals surface area contributed by atoms with Gasteiger partial charge in [-0.1, -0.05) is 23.7 Å². The first kappa shape index (κ1) is 20.0. The molecule has 0 aliphatic carbocycles. The van der Waals surface area contributed by atoms with Gasteiger partial charge in [0.1, 0.15) is 5.69 Å². The molecule has 0 saturated carbocycles. The number of nitro benzene ring substituents is 2. The van der Waals surface area contributed by atoms with E-state index in [1.807, 2.05) is 42.7 Å². The van der Waals surface area contributed by atoms with Crippen molar-refractivity contribution in [1.82, 2.24) is 4.57 Å². The summed E-state index contributed by atoms with van der Waals surface area (Å²) in [5, 5.41) is 26.7. The molecule has 1 N–H and O–H groups in total. The van der Waals surface area contributed by atoms with Crippen molar-refractivity contribution in [2.24, 2.45) is 5.10 Å². The van der Waals surface area contributed by atoms with Crippen LogP contribution in [0.4, 0.5) is 17.1 Å². The second-order valence-corrected chi connectivity index (χ2v) is 6.61. The number of aryl methyl sites for hydroxylation is 1. The zero-order valence-corrected chi connectivity index (χ0v) is 16.3. The van der Waals surface area contributed by atoms with E-state index in [4.69, 9.17) is 11.6 Å². The molecule has 0 aliphatic heterocycles. The van der Waals surface area contributed by atoms with Gasteiger partial charge in [0.05, 0.1) is 32.8 Å². The Bertz CT molecular complexity index is 1140. The average Bonchev–Trinajstić information content (AvgIpc) is 2.95. The van der Waals surface area contributed by atoms with Crippen molar-refractivity contribution >= 4 is 34.9 Å². The average molecular weight is 414 g/mol. The second kappa shape index (κ2) is 8.11. The number of rotatable bonds is 6. The summed E-state index contributed by atoms with van der Waals surface area (Å²) in [5.41, 5.74) is 5.30. The molecule has 0 radical (unpaired) electrons. The summed E-state index contributed by atoms with van der Waals surface area (Å²) in [6.45, 7) is 3.84. The van der Waals surface area contributed by atoms with Crippen LogP contribution in [0.1, 0.15) is 17.0 Å². The number of halogens is 1. The fraction of sp³-hybridized carbons (Fsp3) is 0.105. The lowest BCUT2D eigenvalue weighted by Crippen LogP contribution is -2.01. The molecule has 3 rings (SSSR count). The van der Waals surface area contributed by atoms with Crippen molar-refractivity contribution in [3.05, 3.63) is 90.7 Å². The number of anilines is 1. The molecule has 148 valence electrons. The largest absolute Gasteiger partial charge is 0.316 e. The maximum Gasteiger partial charge on any atom is 0.301 e. The van der Waals surface area contributed by atoms with Gasteiger partial charge in [-0.05, 0) is 38.1 Å². The van der Waals surface area contributed by atoms with Crippen LogP contribution in [0.2, 0.25) is 5.02 Å². The van der Waals surface area contributed by atoms with E-state index in [1.54, 1.807) is 6.07 Å². The Labute approximate surface area is 170 Å². The van der Waals surface area contributed by atoms with Crippen LogP contribution in [-0.4, -0.2) is 20.6 Å².